The van der Waals surface area contributed by atoms with Gasteiger partial charge in [0, 0.05) is 6.66 Å². The van der Waals surface area contributed by atoms with Gasteiger partial charge in [0.15, 0.2) is 0 Å². The van der Waals surface area contributed by atoms with Crippen LogP contribution in [-0.2, 0) is 18.0 Å². The molecule has 0 aliphatic carbocycles. The first kappa shape index (κ1) is 18.8. The Morgan fingerprint density at radius 3 is 2.21 bits per heavy atom. The molecule has 0 aromatic heterocycles. The minimum Gasteiger partial charge on any atom is -0.324 e. The van der Waals surface area contributed by atoms with Crippen molar-refractivity contribution in [3.63, 3.8) is 0 Å². The molecule has 6 nitrogen and oxygen atoms in total. The normalized spacial score (nSPS) is 18.5. The first-order valence-electron chi connectivity index (χ1n) is 5.80. The maximum atomic E-state index is 11.3. The van der Waals surface area contributed by atoms with Gasteiger partial charge < -0.3 is 9.79 Å². The molecule has 0 aromatic rings. The molecule has 0 aliphatic rings. The van der Waals surface area contributed by atoms with Crippen LogP contribution >= 0.6 is 15.4 Å². The average molecular weight is 312 g/mol. The van der Waals surface area contributed by atoms with Gasteiger partial charge >= 0.3 is 15.4 Å². The summed E-state index contributed by atoms with van der Waals surface area (Å²) in [4.78, 5) is 18.0. The molecular formula is C11H22O6P2. The molecule has 0 radical (unpaired) electrons. The highest BCUT2D eigenvalue weighted by Crippen LogP contribution is 2.57. The van der Waals surface area contributed by atoms with Crippen molar-refractivity contribution >= 4 is 15.4 Å². The Labute approximate surface area is 114 Å². The molecule has 0 amide bonds. The van der Waals surface area contributed by atoms with E-state index in [0.29, 0.717) is 0 Å². The van der Waals surface area contributed by atoms with Gasteiger partial charge in [-0.3, -0.25) is 9.09 Å². The van der Waals surface area contributed by atoms with Crippen LogP contribution in [0.5, 0.6) is 0 Å². The lowest BCUT2D eigenvalue weighted by Crippen LogP contribution is -1.94. The Balaban J connectivity index is 4.16. The zero-order chi connectivity index (χ0) is 15.1. The van der Waals surface area contributed by atoms with Crippen LogP contribution in [0.3, 0.4) is 0 Å². The van der Waals surface area contributed by atoms with Crippen molar-refractivity contribution in [1.29, 1.82) is 0 Å². The summed E-state index contributed by atoms with van der Waals surface area (Å²) in [6.45, 7) is 6.58. The molecule has 0 spiro atoms. The van der Waals surface area contributed by atoms with Crippen LogP contribution in [-0.4, -0.2) is 23.1 Å². The molecular weight excluding hydrogens is 290 g/mol. The van der Waals surface area contributed by atoms with Gasteiger partial charge in [0.2, 0.25) is 0 Å². The van der Waals surface area contributed by atoms with Crippen molar-refractivity contribution in [2.45, 2.75) is 33.6 Å². The topological polar surface area (TPSA) is 93.1 Å². The van der Waals surface area contributed by atoms with Gasteiger partial charge in [0.1, 0.15) is 0 Å². The van der Waals surface area contributed by atoms with E-state index in [4.69, 9.17) is 9.79 Å². The Morgan fingerprint density at radius 1 is 1.16 bits per heavy atom. The highest BCUT2D eigenvalue weighted by atomic mass is 31.3. The van der Waals surface area contributed by atoms with E-state index >= 15 is 0 Å². The van der Waals surface area contributed by atoms with Crippen LogP contribution in [0.15, 0.2) is 23.3 Å². The third-order valence-corrected chi connectivity index (χ3v) is 4.53. The molecule has 0 saturated heterocycles. The third kappa shape index (κ3) is 12.6. The predicted octanol–water partition coefficient (Wildman–Crippen LogP) is 3.63. The highest BCUT2D eigenvalue weighted by Gasteiger charge is 2.29. The van der Waals surface area contributed by atoms with E-state index in [9.17, 15) is 9.13 Å². The van der Waals surface area contributed by atoms with Gasteiger partial charge in [-0.25, -0.2) is 8.88 Å². The number of allylic oxidation sites excluding steroid dienone is 3. The zero-order valence-electron chi connectivity index (χ0n) is 11.7. The molecule has 112 valence electrons. The van der Waals surface area contributed by atoms with Crippen molar-refractivity contribution in [2.24, 2.45) is 0 Å². The standard InChI is InChI=1S/C11H22O6P2/c1-10(2)6-5-7-11(3)8-9-16-19(14,15)17-18(4,12)13/h6,8H,5,7,9H2,1-4H3,(H,12,13)(H,14,15)/b11-8+. The Morgan fingerprint density at radius 2 is 1.74 bits per heavy atom. The summed E-state index contributed by atoms with van der Waals surface area (Å²) in [5.41, 5.74) is 2.24. The quantitative estimate of drug-likeness (QED) is 0.525. The Kier molecular flexibility index (Phi) is 8.06. The first-order chi connectivity index (χ1) is 8.52. The van der Waals surface area contributed by atoms with E-state index in [1.54, 1.807) is 6.08 Å². The van der Waals surface area contributed by atoms with Crippen LogP contribution in [0.4, 0.5) is 0 Å². The summed E-state index contributed by atoms with van der Waals surface area (Å²) >= 11 is 0. The molecule has 0 saturated carbocycles. The molecule has 19 heavy (non-hydrogen) atoms. The number of phosphoric ester groups is 1. The minimum atomic E-state index is -4.48. The predicted molar refractivity (Wildman–Crippen MR) is 75.0 cm³/mol. The maximum absolute atomic E-state index is 11.3. The Hall–Kier alpha value is -0.220. The smallest absolute Gasteiger partial charge is 0.324 e. The van der Waals surface area contributed by atoms with E-state index in [2.05, 4.69) is 14.9 Å². The van der Waals surface area contributed by atoms with Crippen molar-refractivity contribution < 1.29 is 27.8 Å². The van der Waals surface area contributed by atoms with E-state index < -0.39 is 15.4 Å². The highest BCUT2D eigenvalue weighted by molar-refractivity contribution is 7.63. The second-order valence-corrected chi connectivity index (χ2v) is 7.97. The van der Waals surface area contributed by atoms with Crippen molar-refractivity contribution in [1.82, 2.24) is 0 Å². The van der Waals surface area contributed by atoms with Crippen molar-refractivity contribution in [3.05, 3.63) is 23.3 Å². The molecule has 0 aromatic carbocycles. The zero-order valence-corrected chi connectivity index (χ0v) is 13.5. The van der Waals surface area contributed by atoms with Gasteiger partial charge in [0.25, 0.3) is 0 Å². The molecule has 2 unspecified atom stereocenters. The minimum absolute atomic E-state index is 0.144. The molecule has 2 atom stereocenters. The molecule has 0 heterocycles. The summed E-state index contributed by atoms with van der Waals surface area (Å²) in [5, 5.41) is 0. The van der Waals surface area contributed by atoms with Crippen LogP contribution in [0.1, 0.15) is 33.6 Å². The number of rotatable bonds is 8. The summed E-state index contributed by atoms with van der Waals surface area (Å²) in [7, 11) is -8.53. The fourth-order valence-corrected chi connectivity index (χ4v) is 3.16. The molecule has 0 fully saturated rings. The SMILES string of the molecule is CC(C)=CCC/C(C)=C/COP(=O)(O)OP(C)(=O)O. The number of hydrogen-bond acceptors (Lipinski definition) is 4. The lowest BCUT2D eigenvalue weighted by atomic mass is 10.1. The molecule has 0 aliphatic heterocycles. The summed E-state index contributed by atoms with van der Waals surface area (Å²) < 4.78 is 30.7. The third-order valence-electron chi connectivity index (χ3n) is 2.02. The molecule has 8 heteroatoms. The second kappa shape index (κ2) is 8.15. The first-order valence-corrected chi connectivity index (χ1v) is 9.32. The monoisotopic (exact) mass is 312 g/mol. The van der Waals surface area contributed by atoms with E-state index in [0.717, 1.165) is 25.1 Å². The fraction of sp³-hybridized carbons (Fsp3) is 0.636. The lowest BCUT2D eigenvalue weighted by Gasteiger charge is -2.12. The Bertz CT molecular complexity index is 430. The molecule has 2 N–H and O–H groups in total. The van der Waals surface area contributed by atoms with Crippen LogP contribution < -0.4 is 0 Å². The summed E-state index contributed by atoms with van der Waals surface area (Å²) in [5.74, 6) is 0. The van der Waals surface area contributed by atoms with Crippen LogP contribution in [0, 0.1) is 0 Å². The molecule has 0 rings (SSSR count). The number of hydrogen-bond donors (Lipinski definition) is 2. The van der Waals surface area contributed by atoms with Crippen molar-refractivity contribution in [3.8, 4) is 0 Å². The lowest BCUT2D eigenvalue weighted by molar-refractivity contribution is 0.213. The van der Waals surface area contributed by atoms with Gasteiger partial charge in [-0.1, -0.05) is 23.3 Å². The largest absolute Gasteiger partial charge is 0.479 e. The van der Waals surface area contributed by atoms with Gasteiger partial charge in [-0.15, -0.1) is 0 Å². The van der Waals surface area contributed by atoms with Gasteiger partial charge in [-0.2, -0.15) is 0 Å². The maximum Gasteiger partial charge on any atom is 0.479 e. The molecule has 0 bridgehead atoms. The number of phosphoric acid groups is 1. The van der Waals surface area contributed by atoms with Crippen LogP contribution in [0.2, 0.25) is 0 Å². The second-order valence-electron chi connectivity index (χ2n) is 4.52. The van der Waals surface area contributed by atoms with E-state index in [1.165, 1.54) is 5.57 Å². The summed E-state index contributed by atoms with van der Waals surface area (Å²) in [6, 6.07) is 0. The van der Waals surface area contributed by atoms with Crippen LogP contribution in [0.25, 0.3) is 0 Å². The van der Waals surface area contributed by atoms with E-state index in [-0.39, 0.29) is 6.61 Å². The summed E-state index contributed by atoms with van der Waals surface area (Å²) in [6.07, 6.45) is 5.44. The van der Waals surface area contributed by atoms with E-state index in [1.807, 2.05) is 20.8 Å². The van der Waals surface area contributed by atoms with Crippen molar-refractivity contribution in [2.75, 3.05) is 13.3 Å². The average Bonchev–Trinajstić information content (AvgIpc) is 2.12. The van der Waals surface area contributed by atoms with Gasteiger partial charge in [0.05, 0.1) is 6.61 Å². The fourth-order valence-electron chi connectivity index (χ4n) is 1.18. The van der Waals surface area contributed by atoms with Gasteiger partial charge in [-0.05, 0) is 33.6 Å².